The first-order valence-electron chi connectivity index (χ1n) is 9.58. The number of aromatic nitrogens is 3. The van der Waals surface area contributed by atoms with Gasteiger partial charge >= 0.3 is 0 Å². The van der Waals surface area contributed by atoms with Gasteiger partial charge in [0.25, 0.3) is 0 Å². The van der Waals surface area contributed by atoms with Gasteiger partial charge in [-0.05, 0) is 23.3 Å². The molecule has 2 heterocycles. The van der Waals surface area contributed by atoms with Gasteiger partial charge in [0.1, 0.15) is 23.5 Å². The predicted octanol–water partition coefficient (Wildman–Crippen LogP) is 2.53. The lowest BCUT2D eigenvalue weighted by Gasteiger charge is -2.08. The number of halogens is 1. The van der Waals surface area contributed by atoms with Gasteiger partial charge < -0.3 is 10.2 Å². The summed E-state index contributed by atoms with van der Waals surface area (Å²) < 4.78 is 15.9. The van der Waals surface area contributed by atoms with Crippen LogP contribution in [0.1, 0.15) is 43.2 Å². The van der Waals surface area contributed by atoms with Crippen LogP contribution in [0.25, 0.3) is 0 Å². The number of aromatic amines is 1. The Bertz CT molecular complexity index is 1340. The maximum Gasteiger partial charge on any atom is 0.243 e. The van der Waals surface area contributed by atoms with E-state index in [4.69, 9.17) is 0 Å². The van der Waals surface area contributed by atoms with Crippen LogP contribution in [-0.4, -0.2) is 31.3 Å². The van der Waals surface area contributed by atoms with Gasteiger partial charge in [-0.1, -0.05) is 42.5 Å². The van der Waals surface area contributed by atoms with E-state index in [0.717, 1.165) is 10.1 Å². The van der Waals surface area contributed by atoms with E-state index in [2.05, 4.69) is 4.98 Å². The van der Waals surface area contributed by atoms with Crippen molar-refractivity contribution in [2.75, 3.05) is 0 Å². The molecule has 1 aliphatic rings. The highest BCUT2D eigenvalue weighted by molar-refractivity contribution is 6.28. The molecular formula is C23H17FN3O4+. The quantitative estimate of drug-likeness (QED) is 0.391. The van der Waals surface area contributed by atoms with Crippen LogP contribution in [-0.2, 0) is 13.1 Å². The molecule has 3 N–H and O–H groups in total. The van der Waals surface area contributed by atoms with Crippen LogP contribution < -0.4 is 4.57 Å². The first-order valence-corrected chi connectivity index (χ1v) is 9.58. The van der Waals surface area contributed by atoms with Crippen LogP contribution in [0.2, 0.25) is 0 Å². The van der Waals surface area contributed by atoms with Crippen LogP contribution in [0.3, 0.4) is 0 Å². The normalized spacial score (nSPS) is 12.7. The molecule has 2 aromatic carbocycles. The highest BCUT2D eigenvalue weighted by Crippen LogP contribution is 2.40. The Kier molecular flexibility index (Phi) is 4.21. The third kappa shape index (κ3) is 2.92. The zero-order valence-electron chi connectivity index (χ0n) is 16.2. The number of carbonyl (C=O) groups excluding carboxylic acids is 2. The maximum atomic E-state index is 13.3. The maximum absolute atomic E-state index is 13.3. The van der Waals surface area contributed by atoms with E-state index in [9.17, 15) is 24.2 Å². The Hall–Kier alpha value is -4.20. The van der Waals surface area contributed by atoms with Gasteiger partial charge in [-0.3, -0.25) is 14.2 Å². The summed E-state index contributed by atoms with van der Waals surface area (Å²) in [7, 11) is 0. The van der Waals surface area contributed by atoms with Crippen LogP contribution in [0.4, 0.5) is 4.39 Å². The molecule has 4 aromatic rings. The molecule has 0 spiro atoms. The molecule has 0 unspecified atom stereocenters. The van der Waals surface area contributed by atoms with E-state index in [1.807, 2.05) is 30.3 Å². The van der Waals surface area contributed by atoms with Gasteiger partial charge in [-0.15, -0.1) is 0 Å². The first kappa shape index (κ1) is 18.8. The van der Waals surface area contributed by atoms with E-state index in [0.29, 0.717) is 12.1 Å². The summed E-state index contributed by atoms with van der Waals surface area (Å²) in [5.41, 5.74) is 1.21. The molecule has 31 heavy (non-hydrogen) atoms. The molecule has 0 saturated carbocycles. The fourth-order valence-electron chi connectivity index (χ4n) is 3.93. The molecule has 0 atom stereocenters. The molecule has 0 radical (unpaired) electrons. The third-order valence-electron chi connectivity index (χ3n) is 5.44. The number of nitrogens with one attached hydrogen (secondary N) is 1. The van der Waals surface area contributed by atoms with Crippen molar-refractivity contribution < 1.29 is 28.8 Å². The molecule has 0 amide bonds. The number of carbonyl (C=O) groups is 2. The lowest BCUT2D eigenvalue weighted by Crippen LogP contribution is -2.41. The Balaban J connectivity index is 1.58. The minimum Gasteiger partial charge on any atom is -0.494 e. The standard InChI is InChI=1S/C23H16FN3O4/c24-15-8-6-14(7-9-15)11-27-22(30)16-17(23(27)31)21(29)19-18(20(16)28)25-12-26(19)10-13-4-2-1-3-5-13/h1-9,12H,10-11H2,(H2,28,29,30,31)/p+1. The Labute approximate surface area is 175 Å². The molecule has 0 fully saturated rings. The Morgan fingerprint density at radius 1 is 0.871 bits per heavy atom. The molecule has 7 nitrogen and oxygen atoms in total. The van der Waals surface area contributed by atoms with E-state index >= 15 is 0 Å². The second-order valence-corrected chi connectivity index (χ2v) is 7.38. The van der Waals surface area contributed by atoms with Gasteiger partial charge in [0, 0.05) is 0 Å². The van der Waals surface area contributed by atoms with Gasteiger partial charge in [0.2, 0.25) is 41.0 Å². The van der Waals surface area contributed by atoms with Crippen LogP contribution in [0, 0.1) is 5.82 Å². The number of hydrogen-bond acceptors (Lipinski definition) is 4. The van der Waals surface area contributed by atoms with Crippen molar-refractivity contribution in [1.82, 2.24) is 9.55 Å². The number of hydrogen-bond donors (Lipinski definition) is 3. The van der Waals surface area contributed by atoms with Crippen LogP contribution >= 0.6 is 0 Å². The highest BCUT2D eigenvalue weighted by Gasteiger charge is 2.45. The van der Waals surface area contributed by atoms with Crippen molar-refractivity contribution >= 4 is 11.6 Å². The van der Waals surface area contributed by atoms with Crippen molar-refractivity contribution in [3.63, 3.8) is 0 Å². The number of H-pyrrole nitrogens is 1. The average molecular weight is 418 g/mol. The molecule has 0 saturated heterocycles. The molecule has 1 aliphatic carbocycles. The first-order chi connectivity index (χ1) is 15.0. The number of aromatic hydroxyl groups is 2. The minimum atomic E-state index is -0.581. The number of rotatable bonds is 4. The fraction of sp³-hybridized carbons (Fsp3) is 0.0870. The highest BCUT2D eigenvalue weighted by atomic mass is 19.1. The molecule has 0 aliphatic heterocycles. The number of benzene rings is 2. The SMILES string of the molecule is O=C1c2[nH]c[n+](Cc3ccccc3)c2C(=O)c2c1c(O)n(Cc1ccc(F)cc1)c2O. The smallest absolute Gasteiger partial charge is 0.243 e. The monoisotopic (exact) mass is 418 g/mol. The molecule has 154 valence electrons. The summed E-state index contributed by atoms with van der Waals surface area (Å²) in [5.74, 6) is -2.58. The summed E-state index contributed by atoms with van der Waals surface area (Å²) in [6.45, 7) is 0.313. The molecule has 8 heteroatoms. The van der Waals surface area contributed by atoms with E-state index in [1.165, 1.54) is 30.6 Å². The van der Waals surface area contributed by atoms with Gasteiger partial charge in [-0.2, -0.15) is 0 Å². The molecule has 2 aromatic heterocycles. The number of fused-ring (bicyclic) bond motifs is 2. The van der Waals surface area contributed by atoms with Gasteiger partial charge in [0.05, 0.1) is 6.54 Å². The topological polar surface area (TPSA) is 99.2 Å². The van der Waals surface area contributed by atoms with Gasteiger partial charge in [-0.25, -0.2) is 13.9 Å². The molecule has 5 rings (SSSR count). The van der Waals surface area contributed by atoms with Crippen LogP contribution in [0.15, 0.2) is 60.9 Å². The average Bonchev–Trinajstić information content (AvgIpc) is 3.29. The summed E-state index contributed by atoms with van der Waals surface area (Å²) >= 11 is 0. The Morgan fingerprint density at radius 3 is 2.19 bits per heavy atom. The van der Waals surface area contributed by atoms with E-state index < -0.39 is 29.1 Å². The fourth-order valence-corrected chi connectivity index (χ4v) is 3.93. The summed E-state index contributed by atoms with van der Waals surface area (Å²) in [6, 6.07) is 14.9. The summed E-state index contributed by atoms with van der Waals surface area (Å²) in [6.07, 6.45) is 1.53. The predicted molar refractivity (Wildman–Crippen MR) is 107 cm³/mol. The van der Waals surface area contributed by atoms with Crippen molar-refractivity contribution in [3.05, 3.63) is 100 Å². The van der Waals surface area contributed by atoms with Crippen molar-refractivity contribution in [3.8, 4) is 11.8 Å². The van der Waals surface area contributed by atoms with Gasteiger partial charge in [0.15, 0.2) is 0 Å². The lowest BCUT2D eigenvalue weighted by molar-refractivity contribution is -0.688. The number of ketones is 2. The number of nitrogens with zero attached hydrogens (tertiary/aromatic N) is 2. The Morgan fingerprint density at radius 2 is 1.52 bits per heavy atom. The molecular weight excluding hydrogens is 401 g/mol. The second-order valence-electron chi connectivity index (χ2n) is 7.38. The van der Waals surface area contributed by atoms with Crippen molar-refractivity contribution in [2.24, 2.45) is 0 Å². The third-order valence-corrected chi connectivity index (χ3v) is 5.44. The van der Waals surface area contributed by atoms with Crippen LogP contribution in [0.5, 0.6) is 11.8 Å². The van der Waals surface area contributed by atoms with Crippen molar-refractivity contribution in [2.45, 2.75) is 13.1 Å². The van der Waals surface area contributed by atoms with Crippen molar-refractivity contribution in [1.29, 1.82) is 0 Å². The summed E-state index contributed by atoms with van der Waals surface area (Å²) in [5, 5.41) is 21.4. The second kappa shape index (κ2) is 6.94. The molecule has 0 bridgehead atoms. The number of imidazole rings is 1. The zero-order valence-corrected chi connectivity index (χ0v) is 16.2. The minimum absolute atomic E-state index is 0.0382. The summed E-state index contributed by atoms with van der Waals surface area (Å²) in [4.78, 5) is 29.2. The zero-order chi connectivity index (χ0) is 21.7. The van der Waals surface area contributed by atoms with E-state index in [-0.39, 0.29) is 29.1 Å². The lowest BCUT2D eigenvalue weighted by atomic mass is 9.93. The van der Waals surface area contributed by atoms with E-state index in [1.54, 1.807) is 4.57 Å². The largest absolute Gasteiger partial charge is 0.494 e.